The van der Waals surface area contributed by atoms with Gasteiger partial charge in [0.15, 0.2) is 9.84 Å². The number of alkyl halides is 3. The van der Waals surface area contributed by atoms with E-state index in [1.54, 1.807) is 0 Å². The lowest BCUT2D eigenvalue weighted by molar-refractivity contribution is -0.137. The highest BCUT2D eigenvalue weighted by Crippen LogP contribution is 2.30. The molecule has 0 aromatic carbocycles. The molecule has 2 aromatic rings. The van der Waals surface area contributed by atoms with E-state index in [0.29, 0.717) is 0 Å². The van der Waals surface area contributed by atoms with Crippen molar-refractivity contribution in [1.82, 2.24) is 9.61 Å². The fraction of sp³-hybridized carbons (Fsp3) is 0.300. The van der Waals surface area contributed by atoms with E-state index < -0.39 is 21.6 Å². The lowest BCUT2D eigenvalue weighted by atomic mass is 10.2. The number of halogens is 3. The number of pyridine rings is 1. The molecule has 4 nitrogen and oxygen atoms in total. The molecule has 0 atom stereocenters. The van der Waals surface area contributed by atoms with Crippen molar-refractivity contribution in [3.63, 3.8) is 0 Å². The molecule has 0 fully saturated rings. The smallest absolute Gasteiger partial charge is 0.239 e. The van der Waals surface area contributed by atoms with Gasteiger partial charge in [0.05, 0.1) is 23.0 Å². The second kappa shape index (κ2) is 3.98. The molecule has 0 bridgehead atoms. The lowest BCUT2D eigenvalue weighted by Crippen LogP contribution is -2.07. The average molecular weight is 278 g/mol. The Labute approximate surface area is 101 Å². The van der Waals surface area contributed by atoms with Crippen LogP contribution in [-0.4, -0.2) is 23.8 Å². The SMILES string of the molecule is CCS(=O)(=O)c1cnn2cc(C(F)(F)F)ccc12. The molecule has 0 unspecified atom stereocenters. The summed E-state index contributed by atoms with van der Waals surface area (Å²) in [5, 5.41) is 3.64. The Bertz CT molecular complexity index is 689. The molecular weight excluding hydrogens is 269 g/mol. The summed E-state index contributed by atoms with van der Waals surface area (Å²) >= 11 is 0. The third kappa shape index (κ3) is 2.07. The van der Waals surface area contributed by atoms with Crippen LogP contribution in [0.4, 0.5) is 13.2 Å². The first-order valence-electron chi connectivity index (χ1n) is 5.03. The Balaban J connectivity index is 2.65. The van der Waals surface area contributed by atoms with Gasteiger partial charge in [-0.1, -0.05) is 6.92 Å². The van der Waals surface area contributed by atoms with Crippen molar-refractivity contribution >= 4 is 15.4 Å². The van der Waals surface area contributed by atoms with Crippen LogP contribution in [-0.2, 0) is 16.0 Å². The minimum absolute atomic E-state index is 0.0567. The normalized spacial score (nSPS) is 13.1. The van der Waals surface area contributed by atoms with Crippen LogP contribution in [0, 0.1) is 0 Å². The van der Waals surface area contributed by atoms with Crippen molar-refractivity contribution < 1.29 is 21.6 Å². The van der Waals surface area contributed by atoms with Gasteiger partial charge in [0, 0.05) is 6.20 Å². The van der Waals surface area contributed by atoms with E-state index in [2.05, 4.69) is 5.10 Å². The van der Waals surface area contributed by atoms with Gasteiger partial charge < -0.3 is 0 Å². The Hall–Kier alpha value is -1.57. The Kier molecular flexibility index (Phi) is 2.84. The van der Waals surface area contributed by atoms with E-state index in [1.165, 1.54) is 6.92 Å². The van der Waals surface area contributed by atoms with Crippen LogP contribution >= 0.6 is 0 Å². The molecule has 8 heteroatoms. The van der Waals surface area contributed by atoms with E-state index in [9.17, 15) is 21.6 Å². The topological polar surface area (TPSA) is 51.4 Å². The zero-order chi connectivity index (χ0) is 13.6. The molecule has 18 heavy (non-hydrogen) atoms. The number of rotatable bonds is 2. The third-order valence-electron chi connectivity index (χ3n) is 2.52. The quantitative estimate of drug-likeness (QED) is 0.845. The maximum atomic E-state index is 12.5. The van der Waals surface area contributed by atoms with Gasteiger partial charge in [0.2, 0.25) is 0 Å². The van der Waals surface area contributed by atoms with Crippen LogP contribution in [0.25, 0.3) is 5.52 Å². The zero-order valence-electron chi connectivity index (χ0n) is 9.27. The molecule has 0 saturated carbocycles. The van der Waals surface area contributed by atoms with Gasteiger partial charge in [-0.25, -0.2) is 12.9 Å². The second-order valence-corrected chi connectivity index (χ2v) is 5.90. The van der Waals surface area contributed by atoms with Crippen LogP contribution in [0.2, 0.25) is 0 Å². The van der Waals surface area contributed by atoms with Crippen LogP contribution in [0.5, 0.6) is 0 Å². The predicted molar refractivity (Wildman–Crippen MR) is 57.9 cm³/mol. The minimum Gasteiger partial charge on any atom is -0.239 e. The van der Waals surface area contributed by atoms with Crippen LogP contribution in [0.15, 0.2) is 29.4 Å². The van der Waals surface area contributed by atoms with Crippen molar-refractivity contribution in [2.75, 3.05) is 5.75 Å². The molecule has 98 valence electrons. The molecule has 0 radical (unpaired) electrons. The highest BCUT2D eigenvalue weighted by atomic mass is 32.2. The number of aromatic nitrogens is 2. The van der Waals surface area contributed by atoms with E-state index in [-0.39, 0.29) is 16.2 Å². The lowest BCUT2D eigenvalue weighted by Gasteiger charge is -2.06. The van der Waals surface area contributed by atoms with Crippen LogP contribution in [0.3, 0.4) is 0 Å². The highest BCUT2D eigenvalue weighted by molar-refractivity contribution is 7.91. The van der Waals surface area contributed by atoms with Gasteiger partial charge in [-0.2, -0.15) is 18.3 Å². The second-order valence-electron chi connectivity index (χ2n) is 3.66. The van der Waals surface area contributed by atoms with E-state index in [0.717, 1.165) is 29.0 Å². The average Bonchev–Trinajstić information content (AvgIpc) is 2.71. The zero-order valence-corrected chi connectivity index (χ0v) is 10.1. The fourth-order valence-corrected chi connectivity index (χ4v) is 2.52. The fourth-order valence-electron chi connectivity index (χ4n) is 1.52. The minimum atomic E-state index is -4.48. The number of nitrogens with zero attached hydrogens (tertiary/aromatic N) is 2. The summed E-state index contributed by atoms with van der Waals surface area (Å²) in [6.07, 6.45) is -2.65. The van der Waals surface area contributed by atoms with Gasteiger partial charge in [0.1, 0.15) is 4.90 Å². The maximum Gasteiger partial charge on any atom is 0.417 e. The maximum absolute atomic E-state index is 12.5. The molecule has 0 amide bonds. The molecule has 2 heterocycles. The van der Waals surface area contributed by atoms with Crippen molar-refractivity contribution in [3.05, 3.63) is 30.1 Å². The summed E-state index contributed by atoms with van der Waals surface area (Å²) in [5.74, 6) is -0.130. The first-order valence-corrected chi connectivity index (χ1v) is 6.68. The first-order chi connectivity index (χ1) is 8.25. The molecule has 0 aliphatic heterocycles. The largest absolute Gasteiger partial charge is 0.417 e. The standard InChI is InChI=1S/C10H9F3N2O2S/c1-2-18(16,17)9-5-14-15-6-7(10(11,12)13)3-4-8(9)15/h3-6H,2H2,1H3. The summed E-state index contributed by atoms with van der Waals surface area (Å²) in [6.45, 7) is 1.46. The molecule has 2 aromatic heterocycles. The van der Waals surface area contributed by atoms with Gasteiger partial charge in [-0.05, 0) is 12.1 Å². The summed E-state index contributed by atoms with van der Waals surface area (Å²) in [6, 6.07) is 1.95. The monoisotopic (exact) mass is 278 g/mol. The first kappa shape index (κ1) is 12.9. The molecule has 0 aliphatic rings. The molecule has 0 spiro atoms. The van der Waals surface area contributed by atoms with Crippen LogP contribution in [0.1, 0.15) is 12.5 Å². The number of fused-ring (bicyclic) bond motifs is 1. The highest BCUT2D eigenvalue weighted by Gasteiger charge is 2.31. The van der Waals surface area contributed by atoms with Crippen molar-refractivity contribution in [1.29, 1.82) is 0 Å². The van der Waals surface area contributed by atoms with Crippen molar-refractivity contribution in [3.8, 4) is 0 Å². The molecule has 0 saturated heterocycles. The molecule has 2 rings (SSSR count). The van der Waals surface area contributed by atoms with Gasteiger partial charge >= 0.3 is 6.18 Å². The molecular formula is C10H9F3N2O2S. The Morgan fingerprint density at radius 3 is 2.56 bits per heavy atom. The van der Waals surface area contributed by atoms with Crippen LogP contribution < -0.4 is 0 Å². The van der Waals surface area contributed by atoms with Crippen molar-refractivity contribution in [2.45, 2.75) is 18.0 Å². The Morgan fingerprint density at radius 2 is 2.00 bits per heavy atom. The summed E-state index contributed by atoms with van der Waals surface area (Å²) < 4.78 is 61.7. The molecule has 0 N–H and O–H groups in total. The summed E-state index contributed by atoms with van der Waals surface area (Å²) in [5.41, 5.74) is -0.733. The number of sulfone groups is 1. The van der Waals surface area contributed by atoms with Gasteiger partial charge in [-0.15, -0.1) is 0 Å². The predicted octanol–water partition coefficient (Wildman–Crippen LogP) is 2.15. The van der Waals surface area contributed by atoms with E-state index >= 15 is 0 Å². The van der Waals surface area contributed by atoms with Gasteiger partial charge in [0.25, 0.3) is 0 Å². The van der Waals surface area contributed by atoms with Gasteiger partial charge in [-0.3, -0.25) is 0 Å². The van der Waals surface area contributed by atoms with E-state index in [1.807, 2.05) is 0 Å². The summed E-state index contributed by atoms with van der Waals surface area (Å²) in [7, 11) is -3.49. The third-order valence-corrected chi connectivity index (χ3v) is 4.27. The van der Waals surface area contributed by atoms with E-state index in [4.69, 9.17) is 0 Å². The summed E-state index contributed by atoms with van der Waals surface area (Å²) in [4.78, 5) is -0.0567. The number of hydrogen-bond acceptors (Lipinski definition) is 3. The molecule has 0 aliphatic carbocycles. The van der Waals surface area contributed by atoms with Crippen molar-refractivity contribution in [2.24, 2.45) is 0 Å². The number of hydrogen-bond donors (Lipinski definition) is 0. The Morgan fingerprint density at radius 1 is 1.33 bits per heavy atom.